The highest BCUT2D eigenvalue weighted by molar-refractivity contribution is 5.99. The fourth-order valence-electron chi connectivity index (χ4n) is 4.92. The smallest absolute Gasteiger partial charge is 0.228 e. The van der Waals surface area contributed by atoms with Gasteiger partial charge in [0.15, 0.2) is 0 Å². The van der Waals surface area contributed by atoms with Gasteiger partial charge in [-0.15, -0.1) is 0 Å². The van der Waals surface area contributed by atoms with Crippen LogP contribution in [-0.2, 0) is 22.4 Å². The molecule has 1 saturated carbocycles. The van der Waals surface area contributed by atoms with E-state index in [1.807, 2.05) is 18.2 Å². The molecule has 1 aliphatic carbocycles. The Bertz CT molecular complexity index is 730. The number of aliphatic hydroxyl groups excluding tert-OH is 1. The Morgan fingerprint density at radius 3 is 2.82 bits per heavy atom. The van der Waals surface area contributed by atoms with Crippen molar-refractivity contribution in [1.29, 1.82) is 0 Å². The summed E-state index contributed by atoms with van der Waals surface area (Å²) < 4.78 is 0. The highest BCUT2D eigenvalue weighted by atomic mass is 16.3. The first kappa shape index (κ1) is 19.4. The third-order valence-corrected chi connectivity index (χ3v) is 6.43. The highest BCUT2D eigenvalue weighted by Gasteiger charge is 2.30. The standard InChI is InChI=1S/C22H31N3O3/c26-18-8-9-25(13-18)14-20(16-4-2-1-3-5-16)24-21(27)11-15-6-7-17-12-22(28)23-19(17)10-15/h6-7,10,16,18,20,26H,1-5,8-9,11-14H2,(H,23,28)(H,24,27)/t18-,20+/m0/s1. The van der Waals surface area contributed by atoms with E-state index in [2.05, 4.69) is 15.5 Å². The van der Waals surface area contributed by atoms with Crippen LogP contribution in [0.1, 0.15) is 49.7 Å². The summed E-state index contributed by atoms with van der Waals surface area (Å²) in [6.45, 7) is 2.45. The van der Waals surface area contributed by atoms with Crippen LogP contribution in [0.5, 0.6) is 0 Å². The summed E-state index contributed by atoms with van der Waals surface area (Å²) >= 11 is 0. The minimum Gasteiger partial charge on any atom is -0.392 e. The number of benzene rings is 1. The van der Waals surface area contributed by atoms with Gasteiger partial charge in [-0.05, 0) is 42.4 Å². The van der Waals surface area contributed by atoms with E-state index in [9.17, 15) is 14.7 Å². The fraction of sp³-hybridized carbons (Fsp3) is 0.636. The maximum absolute atomic E-state index is 12.8. The molecule has 1 aromatic rings. The van der Waals surface area contributed by atoms with Crippen LogP contribution < -0.4 is 10.6 Å². The van der Waals surface area contributed by atoms with Crippen LogP contribution in [0.2, 0.25) is 0 Å². The Balaban J connectivity index is 1.38. The number of hydrogen-bond donors (Lipinski definition) is 3. The van der Waals surface area contributed by atoms with Crippen LogP contribution in [0.15, 0.2) is 18.2 Å². The van der Waals surface area contributed by atoms with Gasteiger partial charge in [-0.1, -0.05) is 31.4 Å². The number of carbonyl (C=O) groups excluding carboxylic acids is 2. The normalized spacial score (nSPS) is 24.0. The van der Waals surface area contributed by atoms with E-state index in [0.29, 0.717) is 25.3 Å². The average Bonchev–Trinajstić information content (AvgIpc) is 3.25. The van der Waals surface area contributed by atoms with Crippen molar-refractivity contribution in [3.8, 4) is 0 Å². The van der Waals surface area contributed by atoms with Gasteiger partial charge in [0, 0.05) is 31.4 Å². The number of likely N-dealkylation sites (tertiary alicyclic amines) is 1. The van der Waals surface area contributed by atoms with E-state index in [0.717, 1.165) is 36.3 Å². The van der Waals surface area contributed by atoms with Crippen LogP contribution in [0.3, 0.4) is 0 Å². The molecule has 0 radical (unpaired) electrons. The lowest BCUT2D eigenvalue weighted by molar-refractivity contribution is -0.121. The molecule has 2 amide bonds. The van der Waals surface area contributed by atoms with Crippen molar-refractivity contribution >= 4 is 17.5 Å². The zero-order valence-corrected chi connectivity index (χ0v) is 16.5. The lowest BCUT2D eigenvalue weighted by Gasteiger charge is -2.33. The zero-order valence-electron chi connectivity index (χ0n) is 16.5. The Kier molecular flexibility index (Phi) is 5.97. The monoisotopic (exact) mass is 385 g/mol. The largest absolute Gasteiger partial charge is 0.392 e. The number of aliphatic hydroxyl groups is 1. The molecule has 2 heterocycles. The van der Waals surface area contributed by atoms with E-state index < -0.39 is 0 Å². The summed E-state index contributed by atoms with van der Waals surface area (Å²) in [5.74, 6) is 0.580. The van der Waals surface area contributed by atoms with E-state index >= 15 is 0 Å². The zero-order chi connectivity index (χ0) is 19.5. The van der Waals surface area contributed by atoms with Crippen molar-refractivity contribution in [2.75, 3.05) is 25.0 Å². The Labute approximate surface area is 166 Å². The molecule has 2 fully saturated rings. The molecule has 28 heavy (non-hydrogen) atoms. The molecule has 3 N–H and O–H groups in total. The quantitative estimate of drug-likeness (QED) is 0.698. The number of rotatable bonds is 6. The van der Waals surface area contributed by atoms with Crippen LogP contribution in [-0.4, -0.2) is 53.6 Å². The Morgan fingerprint density at radius 1 is 1.25 bits per heavy atom. The number of fused-ring (bicyclic) bond motifs is 1. The summed E-state index contributed by atoms with van der Waals surface area (Å²) in [5.41, 5.74) is 2.77. The lowest BCUT2D eigenvalue weighted by atomic mass is 9.83. The van der Waals surface area contributed by atoms with Crippen molar-refractivity contribution in [2.45, 2.75) is 63.5 Å². The molecule has 0 aromatic heterocycles. The van der Waals surface area contributed by atoms with Gasteiger partial charge in [0.2, 0.25) is 11.8 Å². The highest BCUT2D eigenvalue weighted by Crippen LogP contribution is 2.28. The first-order chi connectivity index (χ1) is 13.6. The van der Waals surface area contributed by atoms with Crippen LogP contribution in [0.25, 0.3) is 0 Å². The number of carbonyl (C=O) groups is 2. The molecule has 1 saturated heterocycles. The third kappa shape index (κ3) is 4.73. The van der Waals surface area contributed by atoms with Gasteiger partial charge in [0.1, 0.15) is 0 Å². The molecule has 2 atom stereocenters. The molecule has 3 aliphatic rings. The van der Waals surface area contributed by atoms with Gasteiger partial charge >= 0.3 is 0 Å². The minimum atomic E-state index is -0.232. The van der Waals surface area contributed by atoms with Crippen molar-refractivity contribution in [1.82, 2.24) is 10.2 Å². The molecule has 6 heteroatoms. The van der Waals surface area contributed by atoms with Gasteiger partial charge in [-0.25, -0.2) is 0 Å². The van der Waals surface area contributed by atoms with Gasteiger partial charge < -0.3 is 15.7 Å². The minimum absolute atomic E-state index is 0.0155. The number of β-amino-alcohol motifs (C(OH)–C–C–N with tert-alkyl or cyclic N) is 1. The Morgan fingerprint density at radius 2 is 2.07 bits per heavy atom. The molecule has 2 aliphatic heterocycles. The summed E-state index contributed by atoms with van der Waals surface area (Å²) in [7, 11) is 0. The van der Waals surface area contributed by atoms with Crippen LogP contribution in [0.4, 0.5) is 5.69 Å². The predicted molar refractivity (Wildman–Crippen MR) is 108 cm³/mol. The van der Waals surface area contributed by atoms with E-state index in [1.165, 1.54) is 32.1 Å². The molecule has 0 spiro atoms. The van der Waals surface area contributed by atoms with Crippen LogP contribution >= 0.6 is 0 Å². The van der Waals surface area contributed by atoms with E-state index in [-0.39, 0.29) is 24.0 Å². The van der Waals surface area contributed by atoms with Gasteiger partial charge in [-0.3, -0.25) is 14.5 Å². The second-order valence-corrected chi connectivity index (χ2v) is 8.67. The molecular formula is C22H31N3O3. The number of nitrogens with zero attached hydrogens (tertiary/aromatic N) is 1. The molecular weight excluding hydrogens is 354 g/mol. The fourth-order valence-corrected chi connectivity index (χ4v) is 4.92. The van der Waals surface area contributed by atoms with Crippen molar-refractivity contribution in [3.63, 3.8) is 0 Å². The topological polar surface area (TPSA) is 81.7 Å². The summed E-state index contributed by atoms with van der Waals surface area (Å²) in [6, 6.07) is 5.96. The van der Waals surface area contributed by atoms with E-state index in [4.69, 9.17) is 0 Å². The first-order valence-electron chi connectivity index (χ1n) is 10.7. The molecule has 1 aromatic carbocycles. The predicted octanol–water partition coefficient (Wildman–Crippen LogP) is 1.86. The Hall–Kier alpha value is -1.92. The second-order valence-electron chi connectivity index (χ2n) is 8.67. The summed E-state index contributed by atoms with van der Waals surface area (Å²) in [6.07, 6.45) is 7.46. The molecule has 152 valence electrons. The summed E-state index contributed by atoms with van der Waals surface area (Å²) in [5, 5.41) is 16.0. The molecule has 0 bridgehead atoms. The van der Waals surface area contributed by atoms with Crippen molar-refractivity contribution in [2.24, 2.45) is 5.92 Å². The third-order valence-electron chi connectivity index (χ3n) is 6.43. The maximum atomic E-state index is 12.8. The molecule has 4 rings (SSSR count). The van der Waals surface area contributed by atoms with Crippen molar-refractivity contribution in [3.05, 3.63) is 29.3 Å². The van der Waals surface area contributed by atoms with Gasteiger partial charge in [0.25, 0.3) is 0 Å². The number of nitrogens with one attached hydrogen (secondary N) is 2. The van der Waals surface area contributed by atoms with E-state index in [1.54, 1.807) is 0 Å². The number of hydrogen-bond acceptors (Lipinski definition) is 4. The number of amides is 2. The van der Waals surface area contributed by atoms with Crippen LogP contribution in [0, 0.1) is 5.92 Å². The molecule has 6 nitrogen and oxygen atoms in total. The maximum Gasteiger partial charge on any atom is 0.228 e. The van der Waals surface area contributed by atoms with Crippen molar-refractivity contribution < 1.29 is 14.7 Å². The summed E-state index contributed by atoms with van der Waals surface area (Å²) in [4.78, 5) is 26.6. The average molecular weight is 386 g/mol. The number of anilines is 1. The SMILES string of the molecule is O=C1Cc2ccc(CC(=O)N[C@H](CN3CC[C@H](O)C3)C3CCCCC3)cc2N1. The second kappa shape index (κ2) is 8.62. The lowest BCUT2D eigenvalue weighted by Crippen LogP contribution is -2.48. The van der Waals surface area contributed by atoms with Gasteiger partial charge in [-0.2, -0.15) is 0 Å². The first-order valence-corrected chi connectivity index (χ1v) is 10.7. The van der Waals surface area contributed by atoms with Gasteiger partial charge in [0.05, 0.1) is 18.9 Å². The molecule has 0 unspecified atom stereocenters.